The number of phenolic OH excluding ortho intramolecular Hbond substituents is 1. The number of nitrogens with zero attached hydrogens (tertiary/aromatic N) is 2. The second kappa shape index (κ2) is 12.2. The third kappa shape index (κ3) is 7.28. The molecule has 17 nitrogen and oxygen atoms in total. The van der Waals surface area contributed by atoms with Gasteiger partial charge in [-0.2, -0.15) is 33.7 Å². The van der Waals surface area contributed by atoms with Gasteiger partial charge in [-0.25, -0.2) is 0 Å². The van der Waals surface area contributed by atoms with Crippen molar-refractivity contribution in [3.05, 3.63) is 83.9 Å². The van der Waals surface area contributed by atoms with Crippen LogP contribution in [0.5, 0.6) is 5.75 Å². The molecule has 5 aromatic rings. The summed E-state index contributed by atoms with van der Waals surface area (Å²) < 4.78 is 136. The van der Waals surface area contributed by atoms with E-state index in [0.29, 0.717) is 6.07 Å². The summed E-state index contributed by atoms with van der Waals surface area (Å²) in [5, 5.41) is 19.7. The van der Waals surface area contributed by atoms with Gasteiger partial charge in [0.15, 0.2) is 5.75 Å². The molecule has 5 rings (SSSR count). The molecule has 6 N–H and O–H groups in total. The molecule has 0 spiro atoms. The van der Waals surface area contributed by atoms with Crippen LogP contribution in [0.4, 0.5) is 17.1 Å². The Balaban J connectivity index is 1.78. The molecule has 0 aliphatic carbocycles. The lowest BCUT2D eigenvalue weighted by molar-refractivity contribution is 0.102. The van der Waals surface area contributed by atoms with Crippen LogP contribution in [0.1, 0.15) is 15.9 Å². The first kappa shape index (κ1) is 35.4. The van der Waals surface area contributed by atoms with Crippen LogP contribution in [0, 0.1) is 6.92 Å². The van der Waals surface area contributed by atoms with Crippen LogP contribution in [0.25, 0.3) is 21.5 Å². The van der Waals surface area contributed by atoms with Crippen molar-refractivity contribution in [2.45, 2.75) is 26.5 Å². The lowest BCUT2D eigenvalue weighted by Gasteiger charge is -2.15. The highest BCUT2D eigenvalue weighted by molar-refractivity contribution is 7.86. The van der Waals surface area contributed by atoms with E-state index in [1.165, 1.54) is 12.1 Å². The minimum Gasteiger partial charge on any atom is -0.505 e. The number of phenols is 1. The number of carbonyl (C=O) groups excluding carboxylic acids is 1. The smallest absolute Gasteiger partial charge is 0.297 e. The van der Waals surface area contributed by atoms with Gasteiger partial charge in [-0.15, -0.1) is 10.2 Å². The highest BCUT2D eigenvalue weighted by Crippen LogP contribution is 2.46. The average Bonchev–Trinajstić information content (AvgIpc) is 2.98. The fourth-order valence-electron chi connectivity index (χ4n) is 4.78. The molecular weight excluding hydrogens is 731 g/mol. The largest absolute Gasteiger partial charge is 0.505 e. The standard InChI is InChI=1S/C28H21N3O14S4/c1-14-2-4-15(5-3-14)28(33)29-22-13-19(47(37,38)39)11-17-12-23(48(40,41)42)25(26(32)24(17)22)31-30-21-9-6-16-10-18(46(34,35)36)7-8-20(16)27(21)49(43,44)45/h2-13,32H,1H3,(H,29,33)(H,34,35,36)(H,37,38,39)(H,40,41,42)(H,43,44,45). The number of aromatic hydroxyl groups is 1. The van der Waals surface area contributed by atoms with Crippen LogP contribution in [0.15, 0.2) is 103 Å². The molecule has 49 heavy (non-hydrogen) atoms. The number of rotatable bonds is 8. The number of nitrogens with one attached hydrogen (secondary N) is 1. The van der Waals surface area contributed by atoms with Crippen molar-refractivity contribution >= 4 is 85.0 Å². The molecule has 0 radical (unpaired) electrons. The Morgan fingerprint density at radius 1 is 0.653 bits per heavy atom. The van der Waals surface area contributed by atoms with E-state index < -0.39 is 99.5 Å². The lowest BCUT2D eigenvalue weighted by atomic mass is 10.1. The average molecular weight is 752 g/mol. The van der Waals surface area contributed by atoms with Gasteiger partial charge < -0.3 is 10.4 Å². The minimum atomic E-state index is -5.34. The second-order valence-corrected chi connectivity index (χ2v) is 15.9. The maximum atomic E-state index is 13.1. The summed E-state index contributed by atoms with van der Waals surface area (Å²) in [6.07, 6.45) is 0. The highest BCUT2D eigenvalue weighted by Gasteiger charge is 2.27. The Morgan fingerprint density at radius 3 is 1.84 bits per heavy atom. The third-order valence-corrected chi connectivity index (χ3v) is 10.5. The number of amides is 1. The molecule has 0 bridgehead atoms. The zero-order chi connectivity index (χ0) is 36.3. The molecule has 0 saturated carbocycles. The zero-order valence-corrected chi connectivity index (χ0v) is 27.6. The normalized spacial score (nSPS) is 12.9. The number of hydrogen-bond donors (Lipinski definition) is 6. The van der Waals surface area contributed by atoms with Gasteiger partial charge in [0.1, 0.15) is 21.2 Å². The van der Waals surface area contributed by atoms with Crippen molar-refractivity contribution in [1.82, 2.24) is 0 Å². The number of fused-ring (bicyclic) bond motifs is 2. The van der Waals surface area contributed by atoms with Crippen LogP contribution in [0.3, 0.4) is 0 Å². The van der Waals surface area contributed by atoms with Crippen molar-refractivity contribution in [2.75, 3.05) is 5.32 Å². The summed E-state index contributed by atoms with van der Waals surface area (Å²) >= 11 is 0. The quantitative estimate of drug-likeness (QED) is 0.0929. The molecule has 0 unspecified atom stereocenters. The van der Waals surface area contributed by atoms with E-state index >= 15 is 0 Å². The number of aryl methyl sites for hydroxylation is 1. The Hall–Kier alpha value is -4.87. The fraction of sp³-hybridized carbons (Fsp3) is 0.0357. The molecule has 5 aromatic carbocycles. The fourth-order valence-corrected chi connectivity index (χ4v) is 7.34. The minimum absolute atomic E-state index is 0.0720. The number of carbonyl (C=O) groups is 1. The summed E-state index contributed by atoms with van der Waals surface area (Å²) in [4.78, 5) is 9.47. The van der Waals surface area contributed by atoms with Gasteiger partial charge >= 0.3 is 0 Å². The molecule has 1 amide bonds. The van der Waals surface area contributed by atoms with Crippen molar-refractivity contribution in [2.24, 2.45) is 10.2 Å². The van der Waals surface area contributed by atoms with Crippen molar-refractivity contribution < 1.29 is 61.8 Å². The van der Waals surface area contributed by atoms with E-state index in [1.807, 2.05) is 0 Å². The first-order valence-corrected chi connectivity index (χ1v) is 18.9. The van der Waals surface area contributed by atoms with Crippen molar-refractivity contribution in [1.29, 1.82) is 0 Å². The Kier molecular flexibility index (Phi) is 8.84. The van der Waals surface area contributed by atoms with Gasteiger partial charge in [-0.05, 0) is 66.2 Å². The molecule has 0 aromatic heterocycles. The van der Waals surface area contributed by atoms with Gasteiger partial charge in [0.05, 0.1) is 15.5 Å². The third-order valence-electron chi connectivity index (χ3n) is 7.00. The van der Waals surface area contributed by atoms with E-state index in [2.05, 4.69) is 15.5 Å². The Bertz CT molecular complexity index is 2710. The summed E-state index contributed by atoms with van der Waals surface area (Å²) in [6, 6.07) is 12.8. The van der Waals surface area contributed by atoms with Crippen LogP contribution >= 0.6 is 0 Å². The Labute approximate surface area is 277 Å². The molecule has 0 aliphatic rings. The van der Waals surface area contributed by atoms with E-state index in [9.17, 15) is 61.8 Å². The Morgan fingerprint density at radius 2 is 1.27 bits per heavy atom. The molecule has 0 fully saturated rings. The van der Waals surface area contributed by atoms with Crippen molar-refractivity contribution in [3.8, 4) is 5.75 Å². The topological polar surface area (TPSA) is 292 Å². The SMILES string of the molecule is Cc1ccc(C(=O)Nc2cc(S(=O)(=O)O)cc3cc(S(=O)(=O)O)c(N=Nc4ccc5cc(S(=O)(=O)O)ccc5c4S(=O)(=O)O)c(O)c23)cc1. The van der Waals surface area contributed by atoms with Gasteiger partial charge in [-0.1, -0.05) is 29.8 Å². The summed E-state index contributed by atoms with van der Waals surface area (Å²) in [5.41, 5.74) is -1.33. The number of anilines is 1. The molecule has 0 heterocycles. The molecule has 21 heteroatoms. The van der Waals surface area contributed by atoms with Crippen molar-refractivity contribution in [3.63, 3.8) is 0 Å². The molecule has 0 atom stereocenters. The maximum Gasteiger partial charge on any atom is 0.297 e. The number of benzene rings is 5. The van der Waals surface area contributed by atoms with E-state index in [4.69, 9.17) is 0 Å². The van der Waals surface area contributed by atoms with Crippen LogP contribution < -0.4 is 5.32 Å². The monoisotopic (exact) mass is 751 g/mol. The van der Waals surface area contributed by atoms with E-state index in [1.54, 1.807) is 19.1 Å². The molecule has 0 aliphatic heterocycles. The van der Waals surface area contributed by atoms with E-state index in [-0.39, 0.29) is 16.3 Å². The van der Waals surface area contributed by atoms with Crippen LogP contribution in [-0.4, -0.2) is 62.9 Å². The molecular formula is C28H21N3O14S4. The summed E-state index contributed by atoms with van der Waals surface area (Å²) in [5.74, 6) is -1.96. The molecule has 0 saturated heterocycles. The number of azo groups is 1. The first-order valence-electron chi connectivity index (χ1n) is 13.2. The highest BCUT2D eigenvalue weighted by atomic mass is 32.2. The maximum absolute atomic E-state index is 13.1. The second-order valence-electron chi connectivity index (χ2n) is 10.4. The van der Waals surface area contributed by atoms with Gasteiger partial charge in [0, 0.05) is 16.3 Å². The lowest BCUT2D eigenvalue weighted by Crippen LogP contribution is -2.13. The van der Waals surface area contributed by atoms with Crippen LogP contribution in [-0.2, 0) is 40.5 Å². The predicted octanol–water partition coefficient (Wildman–Crippen LogP) is 4.66. The van der Waals surface area contributed by atoms with Gasteiger partial charge in [0.2, 0.25) is 0 Å². The zero-order valence-electron chi connectivity index (χ0n) is 24.4. The van der Waals surface area contributed by atoms with Gasteiger partial charge in [0.25, 0.3) is 46.4 Å². The first-order chi connectivity index (χ1) is 22.6. The van der Waals surface area contributed by atoms with Crippen LogP contribution in [0.2, 0.25) is 0 Å². The van der Waals surface area contributed by atoms with Gasteiger partial charge in [-0.3, -0.25) is 23.0 Å². The summed E-state index contributed by atoms with van der Waals surface area (Å²) in [7, 11) is -20.2. The summed E-state index contributed by atoms with van der Waals surface area (Å²) in [6.45, 7) is 1.75. The predicted molar refractivity (Wildman–Crippen MR) is 172 cm³/mol. The van der Waals surface area contributed by atoms with E-state index in [0.717, 1.165) is 48.0 Å². The number of hydrogen-bond acceptors (Lipinski definition) is 12. The molecule has 256 valence electrons.